The zero-order chi connectivity index (χ0) is 15.1. The molecule has 2 amide bonds. The summed E-state index contributed by atoms with van der Waals surface area (Å²) in [6.07, 6.45) is 3.78. The van der Waals surface area contributed by atoms with E-state index in [1.165, 1.54) is 0 Å². The summed E-state index contributed by atoms with van der Waals surface area (Å²) in [6.45, 7) is 3.32. The molecule has 2 aromatic heterocycles. The van der Waals surface area contributed by atoms with Crippen molar-refractivity contribution in [2.45, 2.75) is 26.3 Å². The molecular formula is C14H21N5O2. The second-order valence-corrected chi connectivity index (χ2v) is 4.77. The summed E-state index contributed by atoms with van der Waals surface area (Å²) < 4.78 is 1.84. The SMILES string of the molecule is CCCCN(CCO)C(=O)NCc1nnc2ccccn12. The van der Waals surface area contributed by atoms with Gasteiger partial charge >= 0.3 is 6.03 Å². The van der Waals surface area contributed by atoms with Gasteiger partial charge in [-0.3, -0.25) is 4.40 Å². The molecule has 0 aromatic carbocycles. The van der Waals surface area contributed by atoms with Crippen molar-refractivity contribution in [2.24, 2.45) is 0 Å². The molecular weight excluding hydrogens is 270 g/mol. The number of rotatable bonds is 7. The predicted molar refractivity (Wildman–Crippen MR) is 78.8 cm³/mol. The first-order chi connectivity index (χ1) is 10.3. The van der Waals surface area contributed by atoms with Crippen LogP contribution in [0.1, 0.15) is 25.6 Å². The van der Waals surface area contributed by atoms with Crippen LogP contribution in [0.4, 0.5) is 4.79 Å². The molecule has 0 fully saturated rings. The predicted octanol–water partition coefficient (Wildman–Crippen LogP) is 1.03. The molecule has 7 heteroatoms. The van der Waals surface area contributed by atoms with Crippen LogP contribution in [-0.4, -0.2) is 50.3 Å². The number of urea groups is 1. The Kier molecular flexibility index (Phi) is 5.51. The Morgan fingerprint density at radius 3 is 3.00 bits per heavy atom. The highest BCUT2D eigenvalue weighted by Gasteiger charge is 2.13. The van der Waals surface area contributed by atoms with Crippen LogP contribution < -0.4 is 5.32 Å². The molecule has 0 saturated heterocycles. The number of fused-ring (bicyclic) bond motifs is 1. The van der Waals surface area contributed by atoms with Crippen molar-refractivity contribution in [3.05, 3.63) is 30.2 Å². The molecule has 2 aromatic rings. The third-order valence-electron chi connectivity index (χ3n) is 3.22. The van der Waals surface area contributed by atoms with Crippen molar-refractivity contribution in [2.75, 3.05) is 19.7 Å². The summed E-state index contributed by atoms with van der Waals surface area (Å²) >= 11 is 0. The summed E-state index contributed by atoms with van der Waals surface area (Å²) in [5, 5.41) is 20.0. The molecule has 0 aliphatic carbocycles. The van der Waals surface area contributed by atoms with Crippen LogP contribution in [0.3, 0.4) is 0 Å². The number of amides is 2. The van der Waals surface area contributed by atoms with Gasteiger partial charge in [0.1, 0.15) is 0 Å². The molecule has 0 atom stereocenters. The average molecular weight is 291 g/mol. The molecule has 0 saturated carbocycles. The van der Waals surface area contributed by atoms with Gasteiger partial charge in [0, 0.05) is 19.3 Å². The van der Waals surface area contributed by atoms with Crippen LogP contribution in [0.2, 0.25) is 0 Å². The molecule has 7 nitrogen and oxygen atoms in total. The largest absolute Gasteiger partial charge is 0.395 e. The molecule has 2 rings (SSSR count). The van der Waals surface area contributed by atoms with E-state index in [4.69, 9.17) is 5.11 Å². The Hall–Kier alpha value is -2.15. The topological polar surface area (TPSA) is 82.8 Å². The summed E-state index contributed by atoms with van der Waals surface area (Å²) in [5.41, 5.74) is 0.750. The minimum atomic E-state index is -0.190. The van der Waals surface area contributed by atoms with Crippen LogP contribution in [-0.2, 0) is 6.54 Å². The Bertz CT molecular complexity index is 584. The third-order valence-corrected chi connectivity index (χ3v) is 3.22. The lowest BCUT2D eigenvalue weighted by atomic mass is 10.3. The number of carbonyl (C=O) groups excluding carboxylic acids is 1. The summed E-state index contributed by atoms with van der Waals surface area (Å²) in [7, 11) is 0. The van der Waals surface area contributed by atoms with Gasteiger partial charge < -0.3 is 15.3 Å². The zero-order valence-electron chi connectivity index (χ0n) is 12.2. The number of aromatic nitrogens is 3. The highest BCUT2D eigenvalue weighted by molar-refractivity contribution is 5.74. The lowest BCUT2D eigenvalue weighted by molar-refractivity contribution is 0.175. The Morgan fingerprint density at radius 1 is 1.38 bits per heavy atom. The van der Waals surface area contributed by atoms with Gasteiger partial charge in [0.05, 0.1) is 13.2 Å². The van der Waals surface area contributed by atoms with Gasteiger partial charge in [-0.25, -0.2) is 4.79 Å². The van der Waals surface area contributed by atoms with Gasteiger partial charge in [0.15, 0.2) is 11.5 Å². The number of aliphatic hydroxyl groups is 1. The fourth-order valence-corrected chi connectivity index (χ4v) is 2.06. The Balaban J connectivity index is 1.95. The zero-order valence-corrected chi connectivity index (χ0v) is 12.2. The number of hydrogen-bond acceptors (Lipinski definition) is 4. The van der Waals surface area contributed by atoms with E-state index in [1.54, 1.807) is 4.90 Å². The lowest BCUT2D eigenvalue weighted by Crippen LogP contribution is -2.42. The van der Waals surface area contributed by atoms with Gasteiger partial charge in [0.2, 0.25) is 0 Å². The minimum Gasteiger partial charge on any atom is -0.395 e. The monoisotopic (exact) mass is 291 g/mol. The van der Waals surface area contributed by atoms with Crippen molar-refractivity contribution >= 4 is 11.7 Å². The molecule has 0 bridgehead atoms. The van der Waals surface area contributed by atoms with E-state index in [0.29, 0.717) is 25.5 Å². The van der Waals surface area contributed by atoms with Gasteiger partial charge in [-0.15, -0.1) is 10.2 Å². The van der Waals surface area contributed by atoms with E-state index in [1.807, 2.05) is 28.8 Å². The maximum atomic E-state index is 12.1. The van der Waals surface area contributed by atoms with Crippen molar-refractivity contribution in [3.8, 4) is 0 Å². The second-order valence-electron chi connectivity index (χ2n) is 4.77. The first kappa shape index (κ1) is 15.2. The molecule has 0 aliphatic rings. The molecule has 0 unspecified atom stereocenters. The summed E-state index contributed by atoms with van der Waals surface area (Å²) in [6, 6.07) is 5.45. The van der Waals surface area contributed by atoms with Gasteiger partial charge in [0.25, 0.3) is 0 Å². The van der Waals surface area contributed by atoms with E-state index < -0.39 is 0 Å². The summed E-state index contributed by atoms with van der Waals surface area (Å²) in [5.74, 6) is 0.679. The maximum Gasteiger partial charge on any atom is 0.317 e. The first-order valence-electron chi connectivity index (χ1n) is 7.18. The van der Waals surface area contributed by atoms with Crippen molar-refractivity contribution < 1.29 is 9.90 Å². The lowest BCUT2D eigenvalue weighted by Gasteiger charge is -2.21. The standard InChI is InChI=1S/C14H21N5O2/c1-2-3-7-18(9-10-20)14(21)15-11-13-17-16-12-6-4-5-8-19(12)13/h4-6,8,20H,2-3,7,9-11H2,1H3,(H,15,21). The van der Waals surface area contributed by atoms with Crippen molar-refractivity contribution in [1.82, 2.24) is 24.8 Å². The van der Waals surface area contributed by atoms with Crippen molar-refractivity contribution in [1.29, 1.82) is 0 Å². The number of hydrogen-bond donors (Lipinski definition) is 2. The molecule has 2 heterocycles. The molecule has 0 aliphatic heterocycles. The molecule has 21 heavy (non-hydrogen) atoms. The van der Waals surface area contributed by atoms with Crippen LogP contribution in [0.5, 0.6) is 0 Å². The van der Waals surface area contributed by atoms with E-state index in [2.05, 4.69) is 22.4 Å². The van der Waals surface area contributed by atoms with E-state index in [0.717, 1.165) is 18.5 Å². The van der Waals surface area contributed by atoms with Crippen LogP contribution in [0.15, 0.2) is 24.4 Å². The van der Waals surface area contributed by atoms with Crippen LogP contribution in [0.25, 0.3) is 5.65 Å². The number of nitrogens with one attached hydrogen (secondary N) is 1. The average Bonchev–Trinajstić information content (AvgIpc) is 2.92. The van der Waals surface area contributed by atoms with Gasteiger partial charge in [-0.05, 0) is 18.6 Å². The second kappa shape index (κ2) is 7.58. The highest BCUT2D eigenvalue weighted by Crippen LogP contribution is 2.03. The summed E-state index contributed by atoms with van der Waals surface area (Å²) in [4.78, 5) is 13.7. The first-order valence-corrected chi connectivity index (χ1v) is 7.18. The fraction of sp³-hybridized carbons (Fsp3) is 0.500. The quantitative estimate of drug-likeness (QED) is 0.798. The number of nitrogens with zero attached hydrogens (tertiary/aromatic N) is 4. The number of carbonyl (C=O) groups is 1. The molecule has 0 radical (unpaired) electrons. The maximum absolute atomic E-state index is 12.1. The van der Waals surface area contributed by atoms with E-state index in [9.17, 15) is 4.79 Å². The molecule has 2 N–H and O–H groups in total. The minimum absolute atomic E-state index is 0.0367. The highest BCUT2D eigenvalue weighted by atomic mass is 16.3. The molecule has 0 spiro atoms. The number of unbranched alkanes of at least 4 members (excludes halogenated alkanes) is 1. The fourth-order valence-electron chi connectivity index (χ4n) is 2.06. The third kappa shape index (κ3) is 3.91. The Labute approximate surface area is 123 Å². The Morgan fingerprint density at radius 2 is 2.24 bits per heavy atom. The molecule has 114 valence electrons. The van der Waals surface area contributed by atoms with Crippen molar-refractivity contribution in [3.63, 3.8) is 0 Å². The smallest absolute Gasteiger partial charge is 0.317 e. The normalized spacial score (nSPS) is 10.8. The number of pyridine rings is 1. The van der Waals surface area contributed by atoms with Gasteiger partial charge in [-0.1, -0.05) is 19.4 Å². The van der Waals surface area contributed by atoms with Gasteiger partial charge in [-0.2, -0.15) is 0 Å². The van der Waals surface area contributed by atoms with E-state index in [-0.39, 0.29) is 12.6 Å². The van der Waals surface area contributed by atoms with E-state index >= 15 is 0 Å². The number of aliphatic hydroxyl groups excluding tert-OH is 1. The van der Waals surface area contributed by atoms with Crippen LogP contribution >= 0.6 is 0 Å². The van der Waals surface area contributed by atoms with Crippen LogP contribution in [0, 0.1) is 0 Å².